The molecule has 0 radical (unpaired) electrons. The van der Waals surface area contributed by atoms with E-state index in [0.29, 0.717) is 22.7 Å². The molecule has 3 aromatic rings. The Bertz CT molecular complexity index is 1340. The van der Waals surface area contributed by atoms with Gasteiger partial charge >= 0.3 is 0 Å². The molecule has 1 unspecified atom stereocenters. The molecular formula is C25H29FN4O4S. The molecule has 10 heteroatoms. The number of benzene rings is 2. The lowest BCUT2D eigenvalue weighted by Gasteiger charge is -2.24. The van der Waals surface area contributed by atoms with Crippen LogP contribution < -0.4 is 11.0 Å². The Kier molecular flexibility index (Phi) is 7.16. The fraction of sp³-hybridized carbons (Fsp3) is 0.400. The van der Waals surface area contributed by atoms with Gasteiger partial charge in [-0.15, -0.1) is 0 Å². The van der Waals surface area contributed by atoms with Crippen molar-refractivity contribution in [3.63, 3.8) is 0 Å². The number of fused-ring (bicyclic) bond motifs is 1. The van der Waals surface area contributed by atoms with Gasteiger partial charge < -0.3 is 0 Å². The van der Waals surface area contributed by atoms with Crippen molar-refractivity contribution >= 4 is 27.6 Å². The summed E-state index contributed by atoms with van der Waals surface area (Å²) >= 11 is 0. The quantitative estimate of drug-likeness (QED) is 0.346. The summed E-state index contributed by atoms with van der Waals surface area (Å²) in [6, 6.07) is 11.1. The van der Waals surface area contributed by atoms with Gasteiger partial charge in [0, 0.05) is 41.8 Å². The molecule has 1 fully saturated rings. The molecule has 1 aromatic heterocycles. The molecule has 2 atom stereocenters. The molecule has 1 aliphatic rings. The van der Waals surface area contributed by atoms with Gasteiger partial charge in [0.05, 0.1) is 17.2 Å². The van der Waals surface area contributed by atoms with Gasteiger partial charge in [0.25, 0.3) is 11.5 Å². The number of hydroxylamine groups is 1. The van der Waals surface area contributed by atoms with Crippen molar-refractivity contribution < 1.29 is 18.6 Å². The Balaban J connectivity index is 1.58. The fourth-order valence-corrected chi connectivity index (χ4v) is 4.81. The highest BCUT2D eigenvalue weighted by atomic mass is 32.2. The maximum atomic E-state index is 15.1. The van der Waals surface area contributed by atoms with Crippen LogP contribution in [0.4, 0.5) is 4.39 Å². The molecule has 2 N–H and O–H groups in total. The minimum Gasteiger partial charge on any atom is -0.299 e. The Labute approximate surface area is 205 Å². The van der Waals surface area contributed by atoms with Crippen LogP contribution in [0.1, 0.15) is 31.7 Å². The van der Waals surface area contributed by atoms with Crippen molar-refractivity contribution in [3.8, 4) is 11.1 Å². The Morgan fingerprint density at radius 3 is 2.60 bits per heavy atom. The molecule has 1 heterocycles. The highest BCUT2D eigenvalue weighted by Crippen LogP contribution is 2.29. The Morgan fingerprint density at radius 1 is 1.31 bits per heavy atom. The van der Waals surface area contributed by atoms with Crippen LogP contribution in [0.3, 0.4) is 0 Å². The topological polar surface area (TPSA) is 105 Å². The van der Waals surface area contributed by atoms with E-state index in [1.165, 1.54) is 48.5 Å². The van der Waals surface area contributed by atoms with Crippen LogP contribution in [0.2, 0.25) is 0 Å². The minimum absolute atomic E-state index is 0.0123. The van der Waals surface area contributed by atoms with Gasteiger partial charge in [-0.3, -0.25) is 28.5 Å². The number of amides is 1. The summed E-state index contributed by atoms with van der Waals surface area (Å²) in [5.74, 6) is -1.34. The van der Waals surface area contributed by atoms with Crippen molar-refractivity contribution in [2.45, 2.75) is 50.1 Å². The van der Waals surface area contributed by atoms with Gasteiger partial charge in [-0.25, -0.2) is 14.9 Å². The molecule has 2 aromatic carbocycles. The summed E-state index contributed by atoms with van der Waals surface area (Å²) in [5.41, 5.74) is 3.63. The van der Waals surface area contributed by atoms with Crippen LogP contribution in [0.15, 0.2) is 47.5 Å². The van der Waals surface area contributed by atoms with Crippen LogP contribution in [0.5, 0.6) is 0 Å². The van der Waals surface area contributed by atoms with Crippen molar-refractivity contribution in [1.82, 2.24) is 19.9 Å². The van der Waals surface area contributed by atoms with E-state index in [2.05, 4.69) is 16.9 Å². The van der Waals surface area contributed by atoms with Crippen LogP contribution >= 0.6 is 0 Å². The van der Waals surface area contributed by atoms with Crippen molar-refractivity contribution in [2.24, 2.45) is 0 Å². The lowest BCUT2D eigenvalue weighted by atomic mass is 10.0. The monoisotopic (exact) mass is 500 g/mol. The fourth-order valence-electron chi connectivity index (χ4n) is 4.12. The minimum atomic E-state index is -1.61. The summed E-state index contributed by atoms with van der Waals surface area (Å²) in [5, 5.41) is 9.10. The number of nitrogens with zero attached hydrogens (tertiary/aromatic N) is 3. The highest BCUT2D eigenvalue weighted by molar-refractivity contribution is 7.86. The lowest BCUT2D eigenvalue weighted by molar-refractivity contribution is -0.131. The molecule has 35 heavy (non-hydrogen) atoms. The average Bonchev–Trinajstić information content (AvgIpc) is 3.69. The molecule has 4 rings (SSSR count). The summed E-state index contributed by atoms with van der Waals surface area (Å²) in [6.45, 7) is 2.30. The van der Waals surface area contributed by atoms with Crippen LogP contribution in [-0.2, 0) is 28.7 Å². The molecule has 0 aliphatic heterocycles. The first-order valence-electron chi connectivity index (χ1n) is 11.4. The Hall–Kier alpha value is -2.95. The number of carbonyl (C=O) groups is 1. The van der Waals surface area contributed by atoms with Crippen molar-refractivity contribution in [3.05, 3.63) is 64.5 Å². The van der Waals surface area contributed by atoms with Gasteiger partial charge in [-0.2, -0.15) is 0 Å². The summed E-state index contributed by atoms with van der Waals surface area (Å²) in [7, 11) is 0.498. The third-order valence-corrected chi connectivity index (χ3v) is 8.48. The van der Waals surface area contributed by atoms with E-state index in [1.54, 1.807) is 6.07 Å². The first-order valence-corrected chi connectivity index (χ1v) is 13.0. The van der Waals surface area contributed by atoms with E-state index in [1.807, 2.05) is 24.3 Å². The summed E-state index contributed by atoms with van der Waals surface area (Å²) < 4.78 is 27.0. The Morgan fingerprint density at radius 2 is 2.00 bits per heavy atom. The number of aromatic nitrogens is 2. The zero-order valence-electron chi connectivity index (χ0n) is 20.0. The number of rotatable bonds is 9. The number of nitrogens with one attached hydrogen (secondary N) is 1. The SMILES string of the molecule is CN(Cc1ccc(-c2cc3ncn(CC[C@](C)(C(=O)NO)S(C)=O)c(=O)c3cc2F)cc1)C1CC1. The first-order chi connectivity index (χ1) is 16.6. The van der Waals surface area contributed by atoms with E-state index in [-0.39, 0.29) is 18.4 Å². The molecule has 0 saturated heterocycles. The third-order valence-electron chi connectivity index (χ3n) is 6.83. The first kappa shape index (κ1) is 25.2. The molecule has 0 bridgehead atoms. The number of hydrogen-bond acceptors (Lipinski definition) is 6. The van der Waals surface area contributed by atoms with E-state index in [9.17, 15) is 13.8 Å². The van der Waals surface area contributed by atoms with Crippen LogP contribution in [-0.4, -0.2) is 53.9 Å². The second-order valence-electron chi connectivity index (χ2n) is 9.31. The number of halogens is 1. The second kappa shape index (κ2) is 9.96. The number of carbonyl (C=O) groups excluding carboxylic acids is 1. The highest BCUT2D eigenvalue weighted by Gasteiger charge is 2.37. The number of hydrogen-bond donors (Lipinski definition) is 2. The van der Waals surface area contributed by atoms with Crippen LogP contribution in [0, 0.1) is 5.82 Å². The maximum Gasteiger partial charge on any atom is 0.261 e. The average molecular weight is 501 g/mol. The van der Waals surface area contributed by atoms with Gasteiger partial charge in [0.2, 0.25) is 0 Å². The van der Waals surface area contributed by atoms with Gasteiger partial charge in [-0.05, 0) is 56.5 Å². The smallest absolute Gasteiger partial charge is 0.261 e. The maximum absolute atomic E-state index is 15.1. The largest absolute Gasteiger partial charge is 0.299 e. The van der Waals surface area contributed by atoms with Crippen molar-refractivity contribution in [2.75, 3.05) is 13.3 Å². The van der Waals surface area contributed by atoms with Gasteiger partial charge in [0.1, 0.15) is 10.6 Å². The van der Waals surface area contributed by atoms with E-state index in [4.69, 9.17) is 5.21 Å². The molecule has 1 saturated carbocycles. The van der Waals surface area contributed by atoms with E-state index in [0.717, 1.165) is 12.1 Å². The summed E-state index contributed by atoms with van der Waals surface area (Å²) in [4.78, 5) is 31.6. The molecular weight excluding hydrogens is 471 g/mol. The normalized spacial score (nSPS) is 16.3. The lowest BCUT2D eigenvalue weighted by Crippen LogP contribution is -2.47. The molecule has 0 spiro atoms. The van der Waals surface area contributed by atoms with Crippen molar-refractivity contribution in [1.29, 1.82) is 0 Å². The summed E-state index contributed by atoms with van der Waals surface area (Å²) in [6.07, 6.45) is 5.17. The zero-order chi connectivity index (χ0) is 25.3. The second-order valence-corrected chi connectivity index (χ2v) is 11.1. The van der Waals surface area contributed by atoms with E-state index < -0.39 is 32.8 Å². The molecule has 8 nitrogen and oxygen atoms in total. The zero-order valence-corrected chi connectivity index (χ0v) is 20.8. The molecule has 186 valence electrons. The van der Waals surface area contributed by atoms with Crippen LogP contribution in [0.25, 0.3) is 22.0 Å². The van der Waals surface area contributed by atoms with E-state index >= 15 is 4.39 Å². The van der Waals surface area contributed by atoms with Gasteiger partial charge in [0.15, 0.2) is 0 Å². The third kappa shape index (κ3) is 5.19. The molecule has 1 amide bonds. The number of aryl methyl sites for hydroxylation is 1. The predicted octanol–water partition coefficient (Wildman–Crippen LogP) is 2.83. The molecule has 1 aliphatic carbocycles. The predicted molar refractivity (Wildman–Crippen MR) is 133 cm³/mol. The van der Waals surface area contributed by atoms with Gasteiger partial charge in [-0.1, -0.05) is 24.3 Å². The standard InChI is InChI=1S/C25H29FN4O4S/c1-25(35(3)34,24(32)28-33)10-11-30-15-27-22-13-19(21(26)12-20(22)23(30)31)17-6-4-16(5-7-17)14-29(2)18-8-9-18/h4-7,12-13,15,18,33H,8-11,14H2,1-3H3,(H,28,32)/t25-,35?/m1/s1.